The van der Waals surface area contributed by atoms with Crippen LogP contribution in [0.3, 0.4) is 0 Å². The number of nitrogens with zero attached hydrogens (tertiary/aromatic N) is 3. The average Bonchev–Trinajstić information content (AvgIpc) is 3.70. The van der Waals surface area contributed by atoms with Gasteiger partial charge in [-0.15, -0.1) is 6.42 Å². The van der Waals surface area contributed by atoms with Crippen LogP contribution in [0.2, 0.25) is 0 Å². The second kappa shape index (κ2) is 12.4. The third kappa shape index (κ3) is 7.72. The molecule has 0 spiro atoms. The minimum atomic E-state index is -2.89. The summed E-state index contributed by atoms with van der Waals surface area (Å²) in [5.41, 5.74) is 5.31. The van der Waals surface area contributed by atoms with Gasteiger partial charge in [-0.1, -0.05) is 11.8 Å². The van der Waals surface area contributed by atoms with E-state index >= 15 is 0 Å². The molecule has 0 unspecified atom stereocenters. The number of rotatable bonds is 6. The van der Waals surface area contributed by atoms with E-state index in [1.54, 1.807) is 0 Å². The van der Waals surface area contributed by atoms with E-state index in [2.05, 4.69) is 32.7 Å². The lowest BCUT2D eigenvalue weighted by atomic mass is 10.0. The maximum atomic E-state index is 13.4. The number of amides is 1. The number of methoxy groups -OCH3 is 1. The van der Waals surface area contributed by atoms with Gasteiger partial charge in [-0.25, -0.2) is 13.8 Å². The van der Waals surface area contributed by atoms with Gasteiger partial charge in [0.2, 0.25) is 11.8 Å². The van der Waals surface area contributed by atoms with Crippen molar-refractivity contribution < 1.29 is 23.0 Å². The Morgan fingerprint density at radius 1 is 1.30 bits per heavy atom. The molecule has 0 radical (unpaired) electrons. The summed E-state index contributed by atoms with van der Waals surface area (Å²) in [6.45, 7) is 0. The van der Waals surface area contributed by atoms with E-state index in [4.69, 9.17) is 32.4 Å². The standard InChI is InChI=1S/C25H20F2N6O3S/c1-3-4-5-20(28)36-22-11-15(16-10-18(23(26)27)31-13-19(16)35-2)17(12-32-22)24(34)33-25(30)37-21(29)9-8-14-6-7-14/h1,4-5,10-14,23,28-29H,6-7H2,2H3,(H2,30,33,34)/b5-4-,28-20?,29-21?. The van der Waals surface area contributed by atoms with Crippen molar-refractivity contribution in [2.45, 2.75) is 19.3 Å². The molecular formula is C25H20F2N6O3S. The number of pyridine rings is 2. The van der Waals surface area contributed by atoms with E-state index in [0.717, 1.165) is 31.3 Å². The van der Waals surface area contributed by atoms with Gasteiger partial charge in [0, 0.05) is 35.4 Å². The Morgan fingerprint density at radius 3 is 2.70 bits per heavy atom. The summed E-state index contributed by atoms with van der Waals surface area (Å²) in [6.07, 6.45) is 8.86. The van der Waals surface area contributed by atoms with Gasteiger partial charge in [0.25, 0.3) is 12.3 Å². The molecule has 4 N–H and O–H groups in total. The van der Waals surface area contributed by atoms with Crippen LogP contribution in [-0.4, -0.2) is 39.1 Å². The summed E-state index contributed by atoms with van der Waals surface area (Å²) < 4.78 is 37.4. The molecule has 188 valence electrons. The highest BCUT2D eigenvalue weighted by Crippen LogP contribution is 2.36. The van der Waals surface area contributed by atoms with Crippen molar-refractivity contribution in [3.63, 3.8) is 0 Å². The van der Waals surface area contributed by atoms with Crippen LogP contribution in [0.4, 0.5) is 8.78 Å². The Kier molecular flexibility index (Phi) is 9.08. The molecule has 1 saturated carbocycles. The largest absolute Gasteiger partial charge is 0.494 e. The summed E-state index contributed by atoms with van der Waals surface area (Å²) in [5.74, 6) is 6.81. The third-order valence-electron chi connectivity index (χ3n) is 4.66. The van der Waals surface area contributed by atoms with Crippen LogP contribution in [-0.2, 0) is 0 Å². The number of hydrogen-bond acceptors (Lipinski definition) is 8. The molecule has 12 heteroatoms. The van der Waals surface area contributed by atoms with E-state index < -0.39 is 18.0 Å². The van der Waals surface area contributed by atoms with Crippen molar-refractivity contribution in [1.29, 1.82) is 10.8 Å². The highest BCUT2D eigenvalue weighted by Gasteiger charge is 2.22. The molecule has 2 aromatic rings. The molecule has 3 rings (SSSR count). The number of terminal acetylenes is 1. The van der Waals surface area contributed by atoms with Crippen LogP contribution < -0.4 is 15.2 Å². The number of hydrogen-bond donors (Lipinski definition) is 3. The molecule has 37 heavy (non-hydrogen) atoms. The summed E-state index contributed by atoms with van der Waals surface area (Å²) in [6, 6.07) is 2.33. The fourth-order valence-electron chi connectivity index (χ4n) is 2.82. The van der Waals surface area contributed by atoms with Gasteiger partial charge in [0.15, 0.2) is 5.17 Å². The maximum Gasteiger partial charge on any atom is 0.281 e. The normalized spacial score (nSPS) is 13.0. The molecule has 1 aliphatic carbocycles. The van der Waals surface area contributed by atoms with Crippen molar-refractivity contribution >= 4 is 33.8 Å². The van der Waals surface area contributed by atoms with Gasteiger partial charge in [-0.2, -0.15) is 4.99 Å². The van der Waals surface area contributed by atoms with Crippen LogP contribution in [0.15, 0.2) is 41.7 Å². The number of allylic oxidation sites excluding steroid dienone is 1. The zero-order chi connectivity index (χ0) is 26.9. The fourth-order valence-corrected chi connectivity index (χ4v) is 3.26. The molecule has 1 aliphatic rings. The van der Waals surface area contributed by atoms with Gasteiger partial charge < -0.3 is 15.2 Å². The molecule has 2 heterocycles. The van der Waals surface area contributed by atoms with Gasteiger partial charge in [0.1, 0.15) is 16.5 Å². The quantitative estimate of drug-likeness (QED) is 0.292. The number of thioether (sulfide) groups is 1. The molecule has 0 aliphatic heterocycles. The summed E-state index contributed by atoms with van der Waals surface area (Å²) >= 11 is 0.713. The van der Waals surface area contributed by atoms with Crippen LogP contribution in [0, 0.1) is 40.9 Å². The summed E-state index contributed by atoms with van der Waals surface area (Å²) in [4.78, 5) is 24.5. The van der Waals surface area contributed by atoms with E-state index in [9.17, 15) is 13.6 Å². The van der Waals surface area contributed by atoms with Crippen LogP contribution >= 0.6 is 11.8 Å². The lowest BCUT2D eigenvalue weighted by Crippen LogP contribution is -2.13. The topological polar surface area (TPSA) is 147 Å². The molecule has 0 aromatic carbocycles. The molecule has 1 fully saturated rings. The van der Waals surface area contributed by atoms with Crippen LogP contribution in [0.1, 0.15) is 35.3 Å². The number of carbonyl (C=O) groups excluding carboxylic acids is 1. The van der Waals surface area contributed by atoms with E-state index in [1.807, 2.05) is 0 Å². The molecule has 0 bridgehead atoms. The van der Waals surface area contributed by atoms with Crippen molar-refractivity contribution in [1.82, 2.24) is 9.97 Å². The lowest BCUT2D eigenvalue weighted by molar-refractivity contribution is 0.100. The predicted molar refractivity (Wildman–Crippen MR) is 137 cm³/mol. The SMILES string of the molecule is C#C/C=C\C(=N)Oc1cc(-c2cc(C(F)F)ncc2OC)c(C(=O)N=C(N)SC(=N)C#CC2CC2)cn1. The molecule has 2 aromatic heterocycles. The predicted octanol–water partition coefficient (Wildman–Crippen LogP) is 4.21. The summed E-state index contributed by atoms with van der Waals surface area (Å²) in [7, 11) is 1.31. The number of aromatic nitrogens is 2. The maximum absolute atomic E-state index is 13.4. The number of nitrogens with two attached hydrogens (primary N) is 1. The Morgan fingerprint density at radius 2 is 2.05 bits per heavy atom. The Balaban J connectivity index is 2.02. The minimum Gasteiger partial charge on any atom is -0.494 e. The first-order valence-corrected chi connectivity index (χ1v) is 11.4. The Bertz CT molecular complexity index is 1400. The first kappa shape index (κ1) is 27.0. The highest BCUT2D eigenvalue weighted by molar-refractivity contribution is 8.26. The van der Waals surface area contributed by atoms with Gasteiger partial charge >= 0.3 is 0 Å². The van der Waals surface area contributed by atoms with E-state index in [-0.39, 0.29) is 50.3 Å². The molecule has 0 atom stereocenters. The van der Waals surface area contributed by atoms with Gasteiger partial charge in [-0.05, 0) is 42.7 Å². The minimum absolute atomic E-state index is 0.0648. The van der Waals surface area contributed by atoms with Crippen LogP contribution in [0.25, 0.3) is 11.1 Å². The second-order valence-corrected chi connectivity index (χ2v) is 8.41. The van der Waals surface area contributed by atoms with Crippen molar-refractivity contribution in [2.75, 3.05) is 7.11 Å². The Hall–Kier alpha value is -4.55. The molecular weight excluding hydrogens is 502 g/mol. The van der Waals surface area contributed by atoms with Gasteiger partial charge in [-0.3, -0.25) is 20.6 Å². The highest BCUT2D eigenvalue weighted by atomic mass is 32.2. The molecule has 0 saturated heterocycles. The first-order chi connectivity index (χ1) is 17.7. The first-order valence-electron chi connectivity index (χ1n) is 10.6. The lowest BCUT2D eigenvalue weighted by Gasteiger charge is -2.14. The number of alkyl halides is 2. The average molecular weight is 523 g/mol. The number of halogens is 2. The van der Waals surface area contributed by atoms with Crippen molar-refractivity contribution in [2.24, 2.45) is 16.6 Å². The number of aliphatic imine (C=N–C) groups is 1. The Labute approximate surface area is 215 Å². The van der Waals surface area contributed by atoms with E-state index in [1.165, 1.54) is 25.3 Å². The van der Waals surface area contributed by atoms with Crippen molar-refractivity contribution in [3.05, 3.63) is 47.9 Å². The zero-order valence-corrected chi connectivity index (χ0v) is 20.2. The number of carbonyl (C=O) groups is 1. The summed E-state index contributed by atoms with van der Waals surface area (Å²) in [5, 5.41) is 15.4. The number of ether oxygens (including phenoxy) is 2. The third-order valence-corrected chi connectivity index (χ3v) is 5.27. The van der Waals surface area contributed by atoms with Crippen LogP contribution in [0.5, 0.6) is 11.6 Å². The number of amidine groups is 1. The smallest absolute Gasteiger partial charge is 0.281 e. The fraction of sp³-hybridized carbons (Fsp3) is 0.200. The van der Waals surface area contributed by atoms with Gasteiger partial charge in [0.05, 0.1) is 18.9 Å². The zero-order valence-electron chi connectivity index (χ0n) is 19.4. The monoisotopic (exact) mass is 522 g/mol. The molecule has 9 nitrogen and oxygen atoms in total. The van der Waals surface area contributed by atoms with Crippen molar-refractivity contribution in [3.8, 4) is 46.9 Å². The second-order valence-electron chi connectivity index (χ2n) is 7.37. The number of nitrogens with one attached hydrogen (secondary N) is 2. The van der Waals surface area contributed by atoms with E-state index in [0.29, 0.717) is 11.8 Å². The molecule has 1 amide bonds.